The lowest BCUT2D eigenvalue weighted by Crippen LogP contribution is -2.13. The Balaban J connectivity index is 1.64. The first-order valence-corrected chi connectivity index (χ1v) is 10.2. The molecule has 1 N–H and O–H groups in total. The van der Waals surface area contributed by atoms with E-state index >= 15 is 0 Å². The molecule has 144 valence electrons. The number of hydrogen-bond donors (Lipinski definition) is 1. The average molecular weight is 401 g/mol. The van der Waals surface area contributed by atoms with E-state index in [2.05, 4.69) is 10.3 Å². The van der Waals surface area contributed by atoms with Crippen LogP contribution in [-0.4, -0.2) is 17.5 Å². The number of nitrogens with one attached hydrogen (secondary N) is 1. The van der Waals surface area contributed by atoms with E-state index in [9.17, 15) is 4.79 Å². The van der Waals surface area contributed by atoms with Crippen molar-refractivity contribution in [3.63, 3.8) is 0 Å². The molecule has 0 aliphatic heterocycles. The summed E-state index contributed by atoms with van der Waals surface area (Å²) in [6, 6.07) is 25.2. The number of fused-ring (bicyclic) bond motifs is 1. The fraction of sp³-hybridized carbons (Fsp3) is 0.0833. The molecular weight excluding hydrogens is 380 g/mol. The Labute approximate surface area is 173 Å². The zero-order valence-corrected chi connectivity index (χ0v) is 16.8. The fourth-order valence-electron chi connectivity index (χ4n) is 2.99. The number of carbonyl (C=O) groups excluding carboxylic acids is 1. The first-order chi connectivity index (χ1) is 14.2. The van der Waals surface area contributed by atoms with Gasteiger partial charge in [-0.25, -0.2) is 4.98 Å². The minimum atomic E-state index is -0.191. The molecule has 0 aliphatic rings. The van der Waals surface area contributed by atoms with Crippen LogP contribution >= 0.6 is 11.3 Å². The lowest BCUT2D eigenvalue weighted by molar-refractivity contribution is -0.111. The van der Waals surface area contributed by atoms with Crippen LogP contribution in [0.2, 0.25) is 0 Å². The predicted octanol–water partition coefficient (Wildman–Crippen LogP) is 5.87. The Morgan fingerprint density at radius 3 is 2.48 bits per heavy atom. The molecule has 1 amide bonds. The standard InChI is InChI=1S/C24H20N2O2S/c1-2-28-19-13-14-21-22(16-19)29-24(25-21)26-23(27)20(18-11-7-4-8-12-18)15-17-9-5-3-6-10-17/h3-16H,2H2,1H3,(H,25,26,27)/b20-15-. The molecule has 0 unspecified atom stereocenters. The maximum Gasteiger partial charge on any atom is 0.258 e. The van der Waals surface area contributed by atoms with Gasteiger partial charge in [-0.2, -0.15) is 0 Å². The largest absolute Gasteiger partial charge is 0.494 e. The first kappa shape index (κ1) is 18.9. The SMILES string of the molecule is CCOc1ccc2nc(NC(=O)/C(=C\c3ccccc3)c3ccccc3)sc2c1. The number of nitrogens with zero attached hydrogens (tertiary/aromatic N) is 1. The molecule has 5 heteroatoms. The molecule has 1 aromatic heterocycles. The normalized spacial score (nSPS) is 11.4. The lowest BCUT2D eigenvalue weighted by atomic mass is 10.0. The highest BCUT2D eigenvalue weighted by molar-refractivity contribution is 7.22. The van der Waals surface area contributed by atoms with Crippen molar-refractivity contribution in [2.24, 2.45) is 0 Å². The number of ether oxygens (including phenoxy) is 1. The molecule has 4 aromatic rings. The number of aromatic nitrogens is 1. The van der Waals surface area contributed by atoms with Crippen molar-refractivity contribution >= 4 is 44.2 Å². The van der Waals surface area contributed by atoms with Gasteiger partial charge in [-0.1, -0.05) is 72.0 Å². The first-order valence-electron chi connectivity index (χ1n) is 9.40. The Hall–Kier alpha value is -3.44. The molecular formula is C24H20N2O2S. The molecule has 3 aromatic carbocycles. The summed E-state index contributed by atoms with van der Waals surface area (Å²) in [4.78, 5) is 17.7. The van der Waals surface area contributed by atoms with Crippen LogP contribution in [0.25, 0.3) is 21.9 Å². The average Bonchev–Trinajstić information content (AvgIpc) is 3.15. The second kappa shape index (κ2) is 8.71. The molecule has 0 spiro atoms. The summed E-state index contributed by atoms with van der Waals surface area (Å²) in [7, 11) is 0. The topological polar surface area (TPSA) is 51.2 Å². The second-order valence-electron chi connectivity index (χ2n) is 6.37. The highest BCUT2D eigenvalue weighted by atomic mass is 32.1. The zero-order chi connectivity index (χ0) is 20.1. The van der Waals surface area contributed by atoms with Gasteiger partial charge in [-0.3, -0.25) is 10.1 Å². The van der Waals surface area contributed by atoms with Gasteiger partial charge in [-0.15, -0.1) is 0 Å². The number of carbonyl (C=O) groups is 1. The molecule has 29 heavy (non-hydrogen) atoms. The minimum absolute atomic E-state index is 0.191. The predicted molar refractivity (Wildman–Crippen MR) is 120 cm³/mol. The van der Waals surface area contributed by atoms with Crippen LogP contribution in [0.1, 0.15) is 18.1 Å². The molecule has 0 saturated carbocycles. The molecule has 1 heterocycles. The van der Waals surface area contributed by atoms with Crippen molar-refractivity contribution in [3.8, 4) is 5.75 Å². The van der Waals surface area contributed by atoms with E-state index in [-0.39, 0.29) is 5.91 Å². The fourth-order valence-corrected chi connectivity index (χ4v) is 3.88. The van der Waals surface area contributed by atoms with Gasteiger partial charge in [0.15, 0.2) is 5.13 Å². The molecule has 0 bridgehead atoms. The summed E-state index contributed by atoms with van der Waals surface area (Å²) in [5.41, 5.74) is 3.24. The summed E-state index contributed by atoms with van der Waals surface area (Å²) in [6.07, 6.45) is 1.89. The monoisotopic (exact) mass is 400 g/mol. The van der Waals surface area contributed by atoms with Crippen LogP contribution in [0.3, 0.4) is 0 Å². The van der Waals surface area contributed by atoms with Crippen LogP contribution in [0.15, 0.2) is 78.9 Å². The molecule has 4 rings (SSSR count). The third-order valence-electron chi connectivity index (χ3n) is 4.33. The van der Waals surface area contributed by atoms with Crippen LogP contribution in [0, 0.1) is 0 Å². The Morgan fingerprint density at radius 1 is 1.03 bits per heavy atom. The van der Waals surface area contributed by atoms with Gasteiger partial charge < -0.3 is 4.74 Å². The molecule has 0 fully saturated rings. The van der Waals surface area contributed by atoms with E-state index in [4.69, 9.17) is 4.74 Å². The molecule has 0 saturated heterocycles. The van der Waals surface area contributed by atoms with E-state index in [0.29, 0.717) is 17.3 Å². The van der Waals surface area contributed by atoms with Crippen molar-refractivity contribution in [2.45, 2.75) is 6.92 Å². The van der Waals surface area contributed by atoms with E-state index in [0.717, 1.165) is 27.1 Å². The summed E-state index contributed by atoms with van der Waals surface area (Å²) in [6.45, 7) is 2.56. The minimum Gasteiger partial charge on any atom is -0.494 e. The third kappa shape index (κ3) is 4.52. The molecule has 4 nitrogen and oxygen atoms in total. The van der Waals surface area contributed by atoms with Crippen LogP contribution in [0.4, 0.5) is 5.13 Å². The van der Waals surface area contributed by atoms with Crippen molar-refractivity contribution in [3.05, 3.63) is 90.0 Å². The van der Waals surface area contributed by atoms with E-state index in [1.165, 1.54) is 11.3 Å². The van der Waals surface area contributed by atoms with Gasteiger partial charge in [-0.05, 0) is 42.3 Å². The van der Waals surface area contributed by atoms with Crippen LogP contribution in [0.5, 0.6) is 5.75 Å². The van der Waals surface area contributed by atoms with Crippen molar-refractivity contribution in [2.75, 3.05) is 11.9 Å². The van der Waals surface area contributed by atoms with Crippen molar-refractivity contribution in [1.82, 2.24) is 4.98 Å². The van der Waals surface area contributed by atoms with E-state index in [1.54, 1.807) is 0 Å². The number of rotatable bonds is 6. The second-order valence-corrected chi connectivity index (χ2v) is 7.40. The van der Waals surface area contributed by atoms with Gasteiger partial charge in [0.05, 0.1) is 16.8 Å². The van der Waals surface area contributed by atoms with Crippen LogP contribution in [-0.2, 0) is 4.79 Å². The molecule has 0 radical (unpaired) electrons. The summed E-state index contributed by atoms with van der Waals surface area (Å²) in [5.74, 6) is 0.611. The summed E-state index contributed by atoms with van der Waals surface area (Å²) in [5, 5.41) is 3.52. The summed E-state index contributed by atoms with van der Waals surface area (Å²) >= 11 is 1.43. The Kier molecular flexibility index (Phi) is 5.68. The molecule has 0 atom stereocenters. The maximum absolute atomic E-state index is 13.1. The van der Waals surface area contributed by atoms with Gasteiger partial charge in [0.1, 0.15) is 5.75 Å². The Morgan fingerprint density at radius 2 is 1.76 bits per heavy atom. The van der Waals surface area contributed by atoms with Gasteiger partial charge in [0, 0.05) is 5.57 Å². The van der Waals surface area contributed by atoms with Crippen LogP contribution < -0.4 is 10.1 Å². The summed E-state index contributed by atoms with van der Waals surface area (Å²) < 4.78 is 6.52. The lowest BCUT2D eigenvalue weighted by Gasteiger charge is -2.08. The van der Waals surface area contributed by atoms with Crippen molar-refractivity contribution < 1.29 is 9.53 Å². The van der Waals surface area contributed by atoms with Crippen molar-refractivity contribution in [1.29, 1.82) is 0 Å². The smallest absolute Gasteiger partial charge is 0.258 e. The highest BCUT2D eigenvalue weighted by Crippen LogP contribution is 2.30. The van der Waals surface area contributed by atoms with Gasteiger partial charge >= 0.3 is 0 Å². The number of hydrogen-bond acceptors (Lipinski definition) is 4. The third-order valence-corrected chi connectivity index (χ3v) is 5.26. The number of anilines is 1. The van der Waals surface area contributed by atoms with Gasteiger partial charge in [0.2, 0.25) is 0 Å². The quantitative estimate of drug-likeness (QED) is 0.325. The Bertz CT molecular complexity index is 1150. The van der Waals surface area contributed by atoms with E-state index < -0.39 is 0 Å². The number of thiazole rings is 1. The number of amides is 1. The molecule has 0 aliphatic carbocycles. The van der Waals surface area contributed by atoms with Gasteiger partial charge in [0.25, 0.3) is 5.91 Å². The maximum atomic E-state index is 13.1. The highest BCUT2D eigenvalue weighted by Gasteiger charge is 2.15. The number of benzene rings is 3. The zero-order valence-electron chi connectivity index (χ0n) is 16.0. The van der Waals surface area contributed by atoms with E-state index in [1.807, 2.05) is 91.9 Å².